The molecule has 0 spiro atoms. The molecule has 106 valence electrons. The molecule has 1 aliphatic heterocycles. The minimum atomic E-state index is -1.06. The molecule has 0 bridgehead atoms. The maximum atomic E-state index is 12.0. The summed E-state index contributed by atoms with van der Waals surface area (Å²) in [6, 6.07) is -0.546. The molecule has 0 aromatic heterocycles. The topological polar surface area (TPSA) is 58.6 Å². The Morgan fingerprint density at radius 3 is 2.63 bits per heavy atom. The van der Waals surface area contributed by atoms with Gasteiger partial charge in [0.05, 0.1) is 0 Å². The molecule has 19 heavy (non-hydrogen) atoms. The van der Waals surface area contributed by atoms with Gasteiger partial charge in [0, 0.05) is 25.1 Å². The van der Waals surface area contributed by atoms with Crippen LogP contribution in [0.15, 0.2) is 24.8 Å². The van der Waals surface area contributed by atoms with Crippen LogP contribution in [0.3, 0.4) is 0 Å². The first-order valence-corrected chi connectivity index (χ1v) is 6.25. The Hall–Kier alpha value is -1.46. The van der Waals surface area contributed by atoms with E-state index in [9.17, 15) is 9.59 Å². The molecule has 5 nitrogen and oxygen atoms in total. The van der Waals surface area contributed by atoms with Gasteiger partial charge in [0.1, 0.15) is 6.04 Å². The number of nitrogens with one attached hydrogen (secondary N) is 1. The van der Waals surface area contributed by atoms with E-state index in [0.717, 1.165) is 0 Å². The summed E-state index contributed by atoms with van der Waals surface area (Å²) in [5, 5.41) is 3.09. The second kappa shape index (κ2) is 6.12. The number of esters is 1. The Bertz CT molecular complexity index is 403. The smallest absolute Gasteiger partial charge is 0.334 e. The van der Waals surface area contributed by atoms with Crippen molar-refractivity contribution in [2.45, 2.75) is 25.0 Å². The molecule has 1 aliphatic rings. The van der Waals surface area contributed by atoms with Gasteiger partial charge >= 0.3 is 5.97 Å². The highest BCUT2D eigenvalue weighted by atomic mass is 16.6. The van der Waals surface area contributed by atoms with E-state index in [-0.39, 0.29) is 5.78 Å². The number of hydrogen-bond acceptors (Lipinski definition) is 5. The third-order valence-corrected chi connectivity index (χ3v) is 3.07. The summed E-state index contributed by atoms with van der Waals surface area (Å²) < 4.78 is 5.53. The van der Waals surface area contributed by atoms with E-state index in [1.54, 1.807) is 6.92 Å². The normalized spacial score (nSPS) is 22.1. The maximum Gasteiger partial charge on any atom is 0.334 e. The van der Waals surface area contributed by atoms with Crippen LogP contribution in [0.5, 0.6) is 0 Å². The maximum absolute atomic E-state index is 12.0. The molecule has 2 unspecified atom stereocenters. The Morgan fingerprint density at radius 1 is 1.63 bits per heavy atom. The second-order valence-corrected chi connectivity index (χ2v) is 5.17. The number of likely N-dealkylation sites (N-methyl/N-ethyl adjacent to an activating group) is 1. The molecule has 1 N–H and O–H groups in total. The highest BCUT2D eigenvalue weighted by Crippen LogP contribution is 2.25. The van der Waals surface area contributed by atoms with Gasteiger partial charge in [-0.3, -0.25) is 4.79 Å². The highest BCUT2D eigenvalue weighted by Gasteiger charge is 2.46. The van der Waals surface area contributed by atoms with Crippen molar-refractivity contribution in [3.05, 3.63) is 24.8 Å². The molecule has 0 amide bonds. The van der Waals surface area contributed by atoms with Crippen LogP contribution < -0.4 is 5.32 Å². The lowest BCUT2D eigenvalue weighted by atomic mass is 9.91. The quantitative estimate of drug-likeness (QED) is 0.431. The number of rotatable bonds is 6. The molecule has 5 heteroatoms. The molecule has 0 aromatic carbocycles. The van der Waals surface area contributed by atoms with Crippen molar-refractivity contribution < 1.29 is 14.3 Å². The first kappa shape index (κ1) is 15.6. The average Bonchev–Trinajstić information content (AvgIpc) is 2.74. The number of hydrogen-bond donors (Lipinski definition) is 1. The monoisotopic (exact) mass is 266 g/mol. The van der Waals surface area contributed by atoms with Crippen LogP contribution >= 0.6 is 0 Å². The van der Waals surface area contributed by atoms with Gasteiger partial charge in [0.15, 0.2) is 11.4 Å². The lowest BCUT2D eigenvalue weighted by Gasteiger charge is -2.37. The summed E-state index contributed by atoms with van der Waals surface area (Å²) in [4.78, 5) is 25.7. The van der Waals surface area contributed by atoms with E-state index in [2.05, 4.69) is 18.5 Å². The molecule has 0 aromatic rings. The lowest BCUT2D eigenvalue weighted by molar-refractivity contribution is -0.155. The standard InChI is InChI=1S/C14H22N2O3/c1-6-14(9-16(4)5,19-13(18)10(2)3)12-11(17)7-8-15-12/h6,12,15H,1-2,7-9H2,3-5H3. The van der Waals surface area contributed by atoms with Gasteiger partial charge < -0.3 is 15.0 Å². The van der Waals surface area contributed by atoms with Crippen molar-refractivity contribution in [1.29, 1.82) is 0 Å². The van der Waals surface area contributed by atoms with Crippen molar-refractivity contribution in [2.24, 2.45) is 0 Å². The molecule has 0 radical (unpaired) electrons. The van der Waals surface area contributed by atoms with E-state index in [1.807, 2.05) is 19.0 Å². The molecule has 1 heterocycles. The number of ketones is 1. The van der Waals surface area contributed by atoms with Gasteiger partial charge in [0.2, 0.25) is 0 Å². The van der Waals surface area contributed by atoms with Gasteiger partial charge in [-0.05, 0) is 27.1 Å². The van der Waals surface area contributed by atoms with Gasteiger partial charge in [-0.1, -0.05) is 13.2 Å². The molecule has 0 aliphatic carbocycles. The second-order valence-electron chi connectivity index (χ2n) is 5.17. The third-order valence-electron chi connectivity index (χ3n) is 3.07. The van der Waals surface area contributed by atoms with Crippen molar-refractivity contribution in [3.63, 3.8) is 0 Å². The molecule has 1 rings (SSSR count). The Labute approximate surface area is 114 Å². The molecule has 0 saturated carbocycles. The summed E-state index contributed by atoms with van der Waals surface area (Å²) in [5.41, 5.74) is -0.761. The number of carbonyl (C=O) groups excluding carboxylic acids is 2. The van der Waals surface area contributed by atoms with Crippen LogP contribution in [-0.2, 0) is 14.3 Å². The third kappa shape index (κ3) is 3.52. The molecular weight excluding hydrogens is 244 g/mol. The van der Waals surface area contributed by atoms with Gasteiger partial charge in [0.25, 0.3) is 0 Å². The Balaban J connectivity index is 3.06. The van der Waals surface area contributed by atoms with Crippen molar-refractivity contribution in [3.8, 4) is 0 Å². The van der Waals surface area contributed by atoms with Crippen LogP contribution in [0.25, 0.3) is 0 Å². The SMILES string of the molecule is C=CC(CN(C)C)(OC(=O)C(=C)C)C1NCCC1=O. The zero-order valence-electron chi connectivity index (χ0n) is 11.9. The van der Waals surface area contributed by atoms with Crippen LogP contribution in [0.1, 0.15) is 13.3 Å². The van der Waals surface area contributed by atoms with Crippen LogP contribution in [0, 0.1) is 0 Å². The number of Topliss-reactive ketones (excluding diaryl/α,β-unsaturated/α-hetero) is 1. The Kier molecular flexibility index (Phi) is 5.03. The summed E-state index contributed by atoms with van der Waals surface area (Å²) in [7, 11) is 3.71. The minimum absolute atomic E-state index is 0.0382. The van der Waals surface area contributed by atoms with E-state index in [0.29, 0.717) is 25.1 Å². The van der Waals surface area contributed by atoms with Gasteiger partial charge in [-0.15, -0.1) is 0 Å². The van der Waals surface area contributed by atoms with E-state index in [4.69, 9.17) is 4.74 Å². The highest BCUT2D eigenvalue weighted by molar-refractivity contribution is 5.91. The molecular formula is C14H22N2O3. The van der Waals surface area contributed by atoms with Crippen molar-refractivity contribution in [1.82, 2.24) is 10.2 Å². The fraction of sp³-hybridized carbons (Fsp3) is 0.571. The van der Waals surface area contributed by atoms with Crippen molar-refractivity contribution >= 4 is 11.8 Å². The fourth-order valence-electron chi connectivity index (χ4n) is 2.20. The molecule has 1 fully saturated rings. The van der Waals surface area contributed by atoms with Crippen LogP contribution in [0.2, 0.25) is 0 Å². The number of carbonyl (C=O) groups is 2. The largest absolute Gasteiger partial charge is 0.448 e. The first-order valence-electron chi connectivity index (χ1n) is 6.25. The van der Waals surface area contributed by atoms with Crippen LogP contribution in [0.4, 0.5) is 0 Å². The summed E-state index contributed by atoms with van der Waals surface area (Å²) >= 11 is 0. The first-order chi connectivity index (χ1) is 8.82. The average molecular weight is 266 g/mol. The van der Waals surface area contributed by atoms with E-state index < -0.39 is 17.6 Å². The van der Waals surface area contributed by atoms with Crippen LogP contribution in [-0.4, -0.2) is 55.5 Å². The number of nitrogens with zero attached hydrogens (tertiary/aromatic N) is 1. The fourth-order valence-corrected chi connectivity index (χ4v) is 2.20. The van der Waals surface area contributed by atoms with E-state index in [1.165, 1.54) is 6.08 Å². The summed E-state index contributed by atoms with van der Waals surface area (Å²) in [6.07, 6.45) is 1.98. The zero-order valence-corrected chi connectivity index (χ0v) is 11.9. The number of ether oxygens (including phenoxy) is 1. The molecule has 2 atom stereocenters. The summed E-state index contributed by atoms with van der Waals surface area (Å²) in [6.45, 7) is 9.88. The minimum Gasteiger partial charge on any atom is -0.448 e. The van der Waals surface area contributed by atoms with E-state index >= 15 is 0 Å². The predicted molar refractivity (Wildman–Crippen MR) is 73.8 cm³/mol. The summed E-state index contributed by atoms with van der Waals surface area (Å²) in [5.74, 6) is -0.473. The predicted octanol–water partition coefficient (Wildman–Crippen LogP) is 0.523. The van der Waals surface area contributed by atoms with Gasteiger partial charge in [-0.25, -0.2) is 4.79 Å². The van der Waals surface area contributed by atoms with Gasteiger partial charge in [-0.2, -0.15) is 0 Å². The Morgan fingerprint density at radius 2 is 2.26 bits per heavy atom. The lowest BCUT2D eigenvalue weighted by Crippen LogP contribution is -2.57. The zero-order chi connectivity index (χ0) is 14.6. The van der Waals surface area contributed by atoms with Crippen molar-refractivity contribution in [2.75, 3.05) is 27.2 Å². The molecule has 1 saturated heterocycles.